The van der Waals surface area contributed by atoms with Crippen molar-refractivity contribution in [2.75, 3.05) is 26.8 Å². The van der Waals surface area contributed by atoms with Gasteiger partial charge in [0.2, 0.25) is 5.91 Å². The highest BCUT2D eigenvalue weighted by molar-refractivity contribution is 8.18. The third-order valence-corrected chi connectivity index (χ3v) is 4.78. The lowest BCUT2D eigenvalue weighted by molar-refractivity contribution is -0.129. The smallest absolute Gasteiger partial charge is 0.294 e. The van der Waals surface area contributed by atoms with E-state index in [1.807, 2.05) is 6.92 Å². The van der Waals surface area contributed by atoms with Crippen molar-refractivity contribution < 1.29 is 23.9 Å². The van der Waals surface area contributed by atoms with E-state index in [0.717, 1.165) is 23.1 Å². The molecule has 0 spiro atoms. The van der Waals surface area contributed by atoms with E-state index in [1.54, 1.807) is 12.1 Å². The van der Waals surface area contributed by atoms with Crippen LogP contribution in [0.4, 0.5) is 4.79 Å². The number of hydrogen-bond donors (Lipinski definition) is 1. The summed E-state index contributed by atoms with van der Waals surface area (Å²) < 4.78 is 10.6. The first-order valence-corrected chi connectivity index (χ1v) is 9.56. The number of carbonyl (C=O) groups is 3. The Morgan fingerprint density at radius 2 is 2.18 bits per heavy atom. The molecular weight excluding hydrogens is 404 g/mol. The molecule has 1 aliphatic rings. The number of carbonyl (C=O) groups excluding carboxylic acids is 3. The fourth-order valence-electron chi connectivity index (χ4n) is 2.33. The molecule has 0 radical (unpaired) electrons. The average Bonchev–Trinajstić information content (AvgIpc) is 2.92. The van der Waals surface area contributed by atoms with Crippen LogP contribution < -0.4 is 14.8 Å². The Labute approximate surface area is 172 Å². The average molecular weight is 423 g/mol. The van der Waals surface area contributed by atoms with Gasteiger partial charge in [-0.15, -0.1) is 6.42 Å². The van der Waals surface area contributed by atoms with Crippen molar-refractivity contribution in [3.63, 3.8) is 0 Å². The minimum atomic E-state index is -0.538. The zero-order valence-electron chi connectivity index (χ0n) is 15.4. The summed E-state index contributed by atoms with van der Waals surface area (Å²) in [5.74, 6) is 2.05. The molecule has 0 unspecified atom stereocenters. The first kappa shape index (κ1) is 21.7. The lowest BCUT2D eigenvalue weighted by Crippen LogP contribution is -2.39. The van der Waals surface area contributed by atoms with E-state index in [4.69, 9.17) is 27.5 Å². The first-order chi connectivity index (χ1) is 13.4. The molecule has 1 fully saturated rings. The SMILES string of the molecule is C#CCOc1c(Cl)cc(/C=C2\SC(=O)N(CC(=O)NCCC)C2=O)cc1OC. The van der Waals surface area contributed by atoms with Crippen molar-refractivity contribution in [2.45, 2.75) is 13.3 Å². The molecule has 2 rings (SSSR count). The summed E-state index contributed by atoms with van der Waals surface area (Å²) >= 11 is 6.98. The van der Waals surface area contributed by atoms with Crippen LogP contribution in [-0.4, -0.2) is 48.8 Å². The van der Waals surface area contributed by atoms with Crippen LogP contribution in [0.3, 0.4) is 0 Å². The maximum Gasteiger partial charge on any atom is 0.294 e. The summed E-state index contributed by atoms with van der Waals surface area (Å²) in [4.78, 5) is 37.5. The second kappa shape index (κ2) is 10.1. The predicted molar refractivity (Wildman–Crippen MR) is 108 cm³/mol. The number of hydrogen-bond acceptors (Lipinski definition) is 6. The van der Waals surface area contributed by atoms with Gasteiger partial charge in [0.1, 0.15) is 13.2 Å². The first-order valence-electron chi connectivity index (χ1n) is 8.37. The van der Waals surface area contributed by atoms with Crippen LogP contribution in [0.15, 0.2) is 17.0 Å². The van der Waals surface area contributed by atoms with Crippen LogP contribution >= 0.6 is 23.4 Å². The van der Waals surface area contributed by atoms with Crippen molar-refractivity contribution in [3.05, 3.63) is 27.6 Å². The Kier molecular flexibility index (Phi) is 7.79. The number of ether oxygens (including phenoxy) is 2. The van der Waals surface area contributed by atoms with Crippen molar-refractivity contribution in [3.8, 4) is 23.8 Å². The van der Waals surface area contributed by atoms with Crippen LogP contribution in [-0.2, 0) is 9.59 Å². The lowest BCUT2D eigenvalue weighted by Gasteiger charge is -2.12. The number of amides is 3. The molecule has 1 aromatic rings. The molecule has 0 bridgehead atoms. The summed E-state index contributed by atoms with van der Waals surface area (Å²) in [6.45, 7) is 2.10. The second-order valence-electron chi connectivity index (χ2n) is 5.64. The monoisotopic (exact) mass is 422 g/mol. The number of imide groups is 1. The van der Waals surface area contributed by atoms with Gasteiger partial charge in [-0.2, -0.15) is 0 Å². The molecule has 0 atom stereocenters. The molecule has 1 N–H and O–H groups in total. The Hall–Kier alpha value is -2.63. The highest BCUT2D eigenvalue weighted by Crippen LogP contribution is 2.38. The predicted octanol–water partition coefficient (Wildman–Crippen LogP) is 2.92. The standard InChI is InChI=1S/C19H19ClN2O5S/c1-4-6-21-16(23)11-22-18(24)15(28-19(22)25)10-12-8-13(20)17(27-7-5-2)14(9-12)26-3/h2,8-10H,4,6-7,11H2,1,3H3,(H,21,23)/b15-10-. The number of nitrogens with one attached hydrogen (secondary N) is 1. The minimum absolute atomic E-state index is 0.0222. The van der Waals surface area contributed by atoms with E-state index in [9.17, 15) is 14.4 Å². The molecule has 148 valence electrons. The molecule has 0 aliphatic carbocycles. The topological polar surface area (TPSA) is 84.9 Å². The number of methoxy groups -OCH3 is 1. The van der Waals surface area contributed by atoms with E-state index < -0.39 is 11.1 Å². The van der Waals surface area contributed by atoms with Crippen LogP contribution in [0.5, 0.6) is 11.5 Å². The summed E-state index contributed by atoms with van der Waals surface area (Å²) in [5.41, 5.74) is 0.538. The van der Waals surface area contributed by atoms with E-state index in [-0.39, 0.29) is 29.0 Å². The highest BCUT2D eigenvalue weighted by atomic mass is 35.5. The maximum atomic E-state index is 12.5. The summed E-state index contributed by atoms with van der Waals surface area (Å²) in [6, 6.07) is 3.18. The third kappa shape index (κ3) is 5.21. The Bertz CT molecular complexity index is 863. The molecule has 1 heterocycles. The molecule has 3 amide bonds. The molecule has 1 aromatic carbocycles. The maximum absolute atomic E-state index is 12.5. The van der Waals surface area contributed by atoms with E-state index in [2.05, 4.69) is 11.2 Å². The van der Waals surface area contributed by atoms with Crippen LogP contribution in [0.25, 0.3) is 6.08 Å². The van der Waals surface area contributed by atoms with E-state index in [1.165, 1.54) is 13.2 Å². The number of benzene rings is 1. The highest BCUT2D eigenvalue weighted by Gasteiger charge is 2.36. The number of terminal acetylenes is 1. The van der Waals surface area contributed by atoms with Gasteiger partial charge in [-0.3, -0.25) is 19.3 Å². The normalized spacial score (nSPS) is 14.9. The second-order valence-corrected chi connectivity index (χ2v) is 7.05. The molecule has 0 saturated carbocycles. The van der Waals surface area contributed by atoms with E-state index >= 15 is 0 Å². The zero-order chi connectivity index (χ0) is 20.7. The van der Waals surface area contributed by atoms with Gasteiger partial charge in [-0.25, -0.2) is 0 Å². The Balaban J connectivity index is 2.22. The Morgan fingerprint density at radius 1 is 1.43 bits per heavy atom. The van der Waals surface area contributed by atoms with Gasteiger partial charge < -0.3 is 14.8 Å². The van der Waals surface area contributed by atoms with Gasteiger partial charge in [0.25, 0.3) is 11.1 Å². The molecule has 28 heavy (non-hydrogen) atoms. The lowest BCUT2D eigenvalue weighted by atomic mass is 10.1. The van der Waals surface area contributed by atoms with Gasteiger partial charge in [-0.1, -0.05) is 24.4 Å². The number of nitrogens with zero attached hydrogens (tertiary/aromatic N) is 1. The third-order valence-electron chi connectivity index (χ3n) is 3.60. The molecule has 1 aliphatic heterocycles. The largest absolute Gasteiger partial charge is 0.493 e. The van der Waals surface area contributed by atoms with Crippen LogP contribution in [0.2, 0.25) is 5.02 Å². The van der Waals surface area contributed by atoms with Gasteiger partial charge in [-0.05, 0) is 42.0 Å². The van der Waals surface area contributed by atoms with Gasteiger partial charge in [0, 0.05) is 6.54 Å². The fraction of sp³-hybridized carbons (Fsp3) is 0.316. The Morgan fingerprint density at radius 3 is 2.82 bits per heavy atom. The summed E-state index contributed by atoms with van der Waals surface area (Å²) in [5, 5.41) is 2.38. The van der Waals surface area contributed by atoms with Crippen molar-refractivity contribution in [1.82, 2.24) is 10.2 Å². The van der Waals surface area contributed by atoms with Crippen molar-refractivity contribution in [2.24, 2.45) is 0 Å². The minimum Gasteiger partial charge on any atom is -0.493 e. The number of halogens is 1. The molecule has 1 saturated heterocycles. The molecule has 0 aromatic heterocycles. The number of rotatable bonds is 8. The van der Waals surface area contributed by atoms with Crippen LogP contribution in [0.1, 0.15) is 18.9 Å². The summed E-state index contributed by atoms with van der Waals surface area (Å²) in [6.07, 6.45) is 7.45. The number of thioether (sulfide) groups is 1. The van der Waals surface area contributed by atoms with Crippen molar-refractivity contribution in [1.29, 1.82) is 0 Å². The molecular formula is C19H19ClN2O5S. The fourth-order valence-corrected chi connectivity index (χ4v) is 3.44. The quantitative estimate of drug-likeness (QED) is 0.512. The van der Waals surface area contributed by atoms with Crippen molar-refractivity contribution >= 4 is 46.5 Å². The van der Waals surface area contributed by atoms with Gasteiger partial charge in [0.15, 0.2) is 11.5 Å². The van der Waals surface area contributed by atoms with Gasteiger partial charge in [0.05, 0.1) is 17.0 Å². The molecule has 9 heteroatoms. The zero-order valence-corrected chi connectivity index (χ0v) is 17.0. The summed E-state index contributed by atoms with van der Waals surface area (Å²) in [7, 11) is 1.45. The van der Waals surface area contributed by atoms with E-state index in [0.29, 0.717) is 23.6 Å². The molecule has 7 nitrogen and oxygen atoms in total. The van der Waals surface area contributed by atoms with Crippen LogP contribution in [0, 0.1) is 12.3 Å². The van der Waals surface area contributed by atoms with Gasteiger partial charge >= 0.3 is 0 Å².